The number of nitrogens with zero attached hydrogens (tertiary/aromatic N) is 4. The third kappa shape index (κ3) is 5.36. The molecule has 0 saturated carbocycles. The zero-order valence-corrected chi connectivity index (χ0v) is 23.4. The number of carbonyl (C=O) groups excluding carboxylic acids is 1. The van der Waals surface area contributed by atoms with E-state index in [1.165, 1.54) is 42.3 Å². The van der Waals surface area contributed by atoms with Gasteiger partial charge in [-0.1, -0.05) is 0 Å². The number of amides is 1. The molecule has 3 atom stereocenters. The molecule has 204 valence electrons. The highest BCUT2D eigenvalue weighted by Crippen LogP contribution is 2.34. The number of hydrogen-bond acceptors (Lipinski definition) is 4. The number of pyridine rings is 1. The first-order chi connectivity index (χ1) is 18.2. The topological polar surface area (TPSA) is 50.6 Å². The number of benzene rings is 1. The van der Waals surface area contributed by atoms with Gasteiger partial charge in [-0.3, -0.25) is 9.78 Å². The summed E-state index contributed by atoms with van der Waals surface area (Å²) in [5.74, 6) is 0.593. The average Bonchev–Trinajstić information content (AvgIpc) is 3.44. The first-order valence-corrected chi connectivity index (χ1v) is 14.1. The summed E-state index contributed by atoms with van der Waals surface area (Å²) in [6.07, 6.45) is 10.5. The minimum Gasteiger partial charge on any atom is -0.381 e. The molecule has 0 aliphatic carbocycles. The van der Waals surface area contributed by atoms with Gasteiger partial charge in [0.15, 0.2) is 0 Å². The highest BCUT2D eigenvalue weighted by Gasteiger charge is 2.32. The van der Waals surface area contributed by atoms with Gasteiger partial charge in [0.2, 0.25) is 0 Å². The number of hydrogen-bond donors (Lipinski definition) is 0. The molecule has 5 rings (SSSR count). The van der Waals surface area contributed by atoms with Crippen molar-refractivity contribution in [2.75, 3.05) is 33.4 Å². The van der Waals surface area contributed by atoms with E-state index in [4.69, 9.17) is 4.74 Å². The molecular weight excluding hydrogens is 479 g/mol. The predicted octanol–water partition coefficient (Wildman–Crippen LogP) is 5.63. The molecule has 38 heavy (non-hydrogen) atoms. The Bertz CT molecular complexity index is 1300. The lowest BCUT2D eigenvalue weighted by Crippen LogP contribution is -2.35. The molecular formula is C31H41FN4O2. The van der Waals surface area contributed by atoms with Gasteiger partial charge in [0.1, 0.15) is 5.82 Å². The number of fused-ring (bicyclic) bond motifs is 1. The summed E-state index contributed by atoms with van der Waals surface area (Å²) >= 11 is 0. The molecule has 2 aliphatic heterocycles. The largest absolute Gasteiger partial charge is 0.381 e. The van der Waals surface area contributed by atoms with E-state index in [-0.39, 0.29) is 11.9 Å². The molecule has 2 saturated heterocycles. The first-order valence-electron chi connectivity index (χ1n) is 14.1. The highest BCUT2D eigenvalue weighted by atomic mass is 19.1. The van der Waals surface area contributed by atoms with Crippen LogP contribution in [0.3, 0.4) is 0 Å². The Hall–Kier alpha value is -2.77. The van der Waals surface area contributed by atoms with Crippen molar-refractivity contribution in [3.05, 3.63) is 59.3 Å². The van der Waals surface area contributed by atoms with E-state index in [1.807, 2.05) is 30.8 Å². The summed E-state index contributed by atoms with van der Waals surface area (Å²) in [4.78, 5) is 22.2. The van der Waals surface area contributed by atoms with E-state index in [2.05, 4.69) is 29.9 Å². The molecule has 0 N–H and O–H groups in total. The smallest absolute Gasteiger partial charge is 0.256 e. The van der Waals surface area contributed by atoms with Gasteiger partial charge in [0, 0.05) is 56.6 Å². The van der Waals surface area contributed by atoms with Gasteiger partial charge < -0.3 is 19.1 Å². The summed E-state index contributed by atoms with van der Waals surface area (Å²) in [7, 11) is 1.76. The SMILES string of the molecule is Cc1cncc2c1c(C[C@@H]1C[C@H](C)N(CC3CCCOC3)C1)cn2-c1ccc(F)cc1C(=O)N(C)C(C)C. The monoisotopic (exact) mass is 520 g/mol. The third-order valence-electron chi connectivity index (χ3n) is 8.57. The van der Waals surface area contributed by atoms with E-state index in [1.54, 1.807) is 18.0 Å². The highest BCUT2D eigenvalue weighted by molar-refractivity contribution is 5.99. The lowest BCUT2D eigenvalue weighted by Gasteiger charge is -2.29. The number of carbonyl (C=O) groups is 1. The number of ether oxygens (including phenoxy) is 1. The van der Waals surface area contributed by atoms with Gasteiger partial charge >= 0.3 is 0 Å². The molecule has 1 unspecified atom stereocenters. The molecule has 2 fully saturated rings. The zero-order valence-electron chi connectivity index (χ0n) is 23.4. The van der Waals surface area contributed by atoms with Crippen LogP contribution < -0.4 is 0 Å². The number of likely N-dealkylation sites (tertiary alicyclic amines) is 1. The average molecular weight is 521 g/mol. The van der Waals surface area contributed by atoms with Crippen LogP contribution in [-0.2, 0) is 11.2 Å². The van der Waals surface area contributed by atoms with Crippen molar-refractivity contribution in [3.63, 3.8) is 0 Å². The van der Waals surface area contributed by atoms with Crippen LogP contribution in [0.4, 0.5) is 4.39 Å². The maximum Gasteiger partial charge on any atom is 0.256 e. The fraction of sp³-hybridized carbons (Fsp3) is 0.548. The number of rotatable bonds is 7. The van der Waals surface area contributed by atoms with E-state index in [0.29, 0.717) is 29.1 Å². The summed E-state index contributed by atoms with van der Waals surface area (Å²) in [6, 6.07) is 5.07. The zero-order chi connectivity index (χ0) is 27.0. The van der Waals surface area contributed by atoms with Crippen molar-refractivity contribution in [2.45, 2.75) is 65.5 Å². The van der Waals surface area contributed by atoms with E-state index >= 15 is 0 Å². The van der Waals surface area contributed by atoms with Gasteiger partial charge in [-0.15, -0.1) is 0 Å². The Balaban J connectivity index is 1.47. The molecule has 0 spiro atoms. The van der Waals surface area contributed by atoms with Crippen molar-refractivity contribution in [3.8, 4) is 5.69 Å². The van der Waals surface area contributed by atoms with Crippen LogP contribution in [-0.4, -0.2) is 70.7 Å². The molecule has 2 aromatic heterocycles. The van der Waals surface area contributed by atoms with Gasteiger partial charge in [0.05, 0.1) is 29.6 Å². The second kappa shape index (κ2) is 11.1. The number of aromatic nitrogens is 2. The van der Waals surface area contributed by atoms with Gasteiger partial charge in [-0.05, 0) is 94.5 Å². The maximum atomic E-state index is 14.4. The van der Waals surface area contributed by atoms with Crippen LogP contribution >= 0.6 is 0 Å². The summed E-state index contributed by atoms with van der Waals surface area (Å²) < 4.78 is 22.2. The summed E-state index contributed by atoms with van der Waals surface area (Å²) in [5.41, 5.74) is 4.38. The van der Waals surface area contributed by atoms with Crippen molar-refractivity contribution in [1.82, 2.24) is 19.4 Å². The Kier molecular flexibility index (Phi) is 7.87. The Morgan fingerprint density at radius 2 is 2.08 bits per heavy atom. The van der Waals surface area contributed by atoms with E-state index < -0.39 is 5.82 Å². The second-order valence-corrected chi connectivity index (χ2v) is 11.7. The lowest BCUT2D eigenvalue weighted by atomic mass is 9.96. The molecule has 3 aromatic rings. The Morgan fingerprint density at radius 1 is 1.26 bits per heavy atom. The third-order valence-corrected chi connectivity index (χ3v) is 8.57. The van der Waals surface area contributed by atoms with Crippen LogP contribution in [0.15, 0.2) is 36.8 Å². The van der Waals surface area contributed by atoms with Gasteiger partial charge in [-0.2, -0.15) is 0 Å². The molecule has 1 amide bonds. The molecule has 0 bridgehead atoms. The lowest BCUT2D eigenvalue weighted by molar-refractivity contribution is 0.0371. The van der Waals surface area contributed by atoms with Crippen molar-refractivity contribution in [2.24, 2.45) is 11.8 Å². The van der Waals surface area contributed by atoms with Crippen LogP contribution in [0, 0.1) is 24.6 Å². The van der Waals surface area contributed by atoms with Crippen LogP contribution in [0.5, 0.6) is 0 Å². The van der Waals surface area contributed by atoms with Crippen LogP contribution in [0.2, 0.25) is 0 Å². The van der Waals surface area contributed by atoms with E-state index in [0.717, 1.165) is 43.8 Å². The standard InChI is InChI=1S/C31H41FN4O2/c1-20(2)34(5)31(37)27-13-26(32)8-9-28(27)36-18-25(30-21(3)14-33-15-29(30)36)12-24-11-22(4)35(17-24)16-23-7-6-10-38-19-23/h8-9,13-15,18,20,22-24H,6-7,10-12,16-17,19H2,1-5H3/t22-,23?,24-/m0/s1. The minimum atomic E-state index is -0.413. The molecule has 6 nitrogen and oxygen atoms in total. The van der Waals surface area contributed by atoms with E-state index in [9.17, 15) is 9.18 Å². The van der Waals surface area contributed by atoms with Crippen molar-refractivity contribution < 1.29 is 13.9 Å². The fourth-order valence-electron chi connectivity index (χ4n) is 6.32. The maximum absolute atomic E-state index is 14.4. The van der Waals surface area contributed by atoms with Crippen LogP contribution in [0.25, 0.3) is 16.6 Å². The van der Waals surface area contributed by atoms with Crippen LogP contribution in [0.1, 0.15) is 61.5 Å². The first kappa shape index (κ1) is 26.8. The molecule has 7 heteroatoms. The Morgan fingerprint density at radius 3 is 2.82 bits per heavy atom. The predicted molar refractivity (Wildman–Crippen MR) is 149 cm³/mol. The fourth-order valence-corrected chi connectivity index (χ4v) is 6.32. The quantitative estimate of drug-likeness (QED) is 0.405. The summed E-state index contributed by atoms with van der Waals surface area (Å²) in [5, 5.41) is 1.19. The number of halogens is 1. The molecule has 4 heterocycles. The van der Waals surface area contributed by atoms with Gasteiger partial charge in [0.25, 0.3) is 5.91 Å². The molecule has 0 radical (unpaired) electrons. The summed E-state index contributed by atoms with van der Waals surface area (Å²) in [6.45, 7) is 12.4. The molecule has 1 aromatic carbocycles. The minimum absolute atomic E-state index is 0.00645. The molecule has 2 aliphatic rings. The Labute approximate surface area is 225 Å². The van der Waals surface area contributed by atoms with Gasteiger partial charge in [-0.25, -0.2) is 4.39 Å². The second-order valence-electron chi connectivity index (χ2n) is 11.7. The van der Waals surface area contributed by atoms with Crippen molar-refractivity contribution >= 4 is 16.8 Å². The van der Waals surface area contributed by atoms with Crippen molar-refractivity contribution in [1.29, 1.82) is 0 Å². The normalized spacial score (nSPS) is 22.4. The number of aryl methyl sites for hydroxylation is 1.